The van der Waals surface area contributed by atoms with E-state index in [-0.39, 0.29) is 0 Å². The first-order valence-electron chi connectivity index (χ1n) is 10.5. The molecule has 0 aliphatic rings. The van der Waals surface area contributed by atoms with E-state index in [1.165, 1.54) is 0 Å². The van der Waals surface area contributed by atoms with Gasteiger partial charge < -0.3 is 4.74 Å². The second kappa shape index (κ2) is 8.72. The summed E-state index contributed by atoms with van der Waals surface area (Å²) in [6, 6.07) is 37.3. The number of benzene rings is 4. The minimum atomic E-state index is -0.732. The van der Waals surface area contributed by atoms with E-state index in [1.54, 1.807) is 13.2 Å². The van der Waals surface area contributed by atoms with Crippen molar-refractivity contribution < 1.29 is 4.74 Å². The van der Waals surface area contributed by atoms with Crippen LogP contribution in [-0.4, -0.2) is 16.9 Å². The van der Waals surface area contributed by atoms with Crippen LogP contribution in [0, 0.1) is 15.0 Å². The number of rotatable bonds is 5. The molecule has 0 amide bonds. The van der Waals surface area contributed by atoms with Crippen LogP contribution in [0.15, 0.2) is 103 Å². The quantitative estimate of drug-likeness (QED) is 0.192. The summed E-state index contributed by atoms with van der Waals surface area (Å²) in [4.78, 5) is 0. The monoisotopic (exact) mass is 541 g/mol. The number of nitrogens with zero attached hydrogens (tertiary/aromatic N) is 3. The van der Waals surface area contributed by atoms with E-state index in [4.69, 9.17) is 9.84 Å². The molecule has 5 aromatic rings. The number of hydrogen-bond acceptors (Lipinski definition) is 3. The van der Waals surface area contributed by atoms with Crippen LogP contribution in [0.3, 0.4) is 0 Å². The molecule has 1 aromatic heterocycles. The fraction of sp³-hybridized carbons (Fsp3) is 0.0714. The molecule has 4 nitrogen and oxygen atoms in total. The Kier molecular flexibility index (Phi) is 5.61. The van der Waals surface area contributed by atoms with Gasteiger partial charge in [0.05, 0.1) is 23.6 Å². The normalized spacial score (nSPS) is 11.3. The molecule has 5 heteroatoms. The predicted octanol–water partition coefficient (Wildman–Crippen LogP) is 6.36. The highest BCUT2D eigenvalue weighted by Gasteiger charge is 2.41. The van der Waals surface area contributed by atoms with Gasteiger partial charge in [0.15, 0.2) is 0 Å². The summed E-state index contributed by atoms with van der Waals surface area (Å²) >= 11 is 2.24. The molecule has 1 heterocycles. The summed E-state index contributed by atoms with van der Waals surface area (Å²) in [5.41, 5.74) is 3.92. The SMILES string of the molecule is COc1c(C#N)ccc2c1c(I)nn2C(c1ccccc1)(c1ccccc1)c1ccccc1. The number of nitriles is 1. The van der Waals surface area contributed by atoms with E-state index in [0.717, 1.165) is 31.3 Å². The van der Waals surface area contributed by atoms with Crippen molar-refractivity contribution in [3.8, 4) is 11.8 Å². The van der Waals surface area contributed by atoms with Gasteiger partial charge >= 0.3 is 0 Å². The van der Waals surface area contributed by atoms with Gasteiger partial charge in [0, 0.05) is 0 Å². The fourth-order valence-electron chi connectivity index (χ4n) is 4.60. The topological polar surface area (TPSA) is 50.8 Å². The summed E-state index contributed by atoms with van der Waals surface area (Å²) in [6.45, 7) is 0. The van der Waals surface area contributed by atoms with E-state index >= 15 is 0 Å². The Hall–Kier alpha value is -3.63. The van der Waals surface area contributed by atoms with E-state index in [0.29, 0.717) is 11.3 Å². The molecule has 0 aliphatic heterocycles. The lowest BCUT2D eigenvalue weighted by atomic mass is 9.77. The van der Waals surface area contributed by atoms with Gasteiger partial charge in [-0.1, -0.05) is 91.0 Å². The van der Waals surface area contributed by atoms with Crippen LogP contribution < -0.4 is 4.74 Å². The van der Waals surface area contributed by atoms with Crippen LogP contribution in [0.4, 0.5) is 0 Å². The van der Waals surface area contributed by atoms with E-state index in [9.17, 15) is 5.26 Å². The van der Waals surface area contributed by atoms with Crippen molar-refractivity contribution in [1.29, 1.82) is 5.26 Å². The van der Waals surface area contributed by atoms with E-state index < -0.39 is 5.54 Å². The fourth-order valence-corrected chi connectivity index (χ4v) is 5.34. The van der Waals surface area contributed by atoms with E-state index in [2.05, 4.69) is 106 Å². The number of aromatic nitrogens is 2. The Morgan fingerprint density at radius 3 is 1.70 bits per heavy atom. The number of hydrogen-bond donors (Lipinski definition) is 0. The minimum Gasteiger partial charge on any atom is -0.495 e. The maximum Gasteiger partial charge on any atom is 0.148 e. The molecule has 0 spiro atoms. The Balaban J connectivity index is 1.99. The highest BCUT2D eigenvalue weighted by Crippen LogP contribution is 2.44. The number of fused-ring (bicyclic) bond motifs is 1. The first-order valence-corrected chi connectivity index (χ1v) is 11.6. The molecule has 0 N–H and O–H groups in total. The molecule has 4 aromatic carbocycles. The lowest BCUT2D eigenvalue weighted by molar-refractivity contribution is 0.418. The lowest BCUT2D eigenvalue weighted by Gasteiger charge is -2.37. The van der Waals surface area contributed by atoms with Crippen molar-refractivity contribution in [3.05, 3.63) is 129 Å². The molecule has 0 bridgehead atoms. The largest absolute Gasteiger partial charge is 0.495 e. The number of methoxy groups -OCH3 is 1. The van der Waals surface area contributed by atoms with Gasteiger partial charge in [-0.25, -0.2) is 4.68 Å². The maximum atomic E-state index is 9.64. The maximum absolute atomic E-state index is 9.64. The zero-order valence-electron chi connectivity index (χ0n) is 17.9. The molecule has 0 atom stereocenters. The predicted molar refractivity (Wildman–Crippen MR) is 138 cm³/mol. The van der Waals surface area contributed by atoms with Gasteiger partial charge in [-0.2, -0.15) is 10.4 Å². The van der Waals surface area contributed by atoms with Crippen molar-refractivity contribution in [3.63, 3.8) is 0 Å². The lowest BCUT2D eigenvalue weighted by Crippen LogP contribution is -2.38. The minimum absolute atomic E-state index is 0.493. The summed E-state index contributed by atoms with van der Waals surface area (Å²) in [7, 11) is 1.60. The van der Waals surface area contributed by atoms with Crippen molar-refractivity contribution in [2.24, 2.45) is 0 Å². The van der Waals surface area contributed by atoms with Gasteiger partial charge in [-0.3, -0.25) is 0 Å². The molecule has 0 saturated heterocycles. The second-order valence-corrected chi connectivity index (χ2v) is 8.69. The molecule has 160 valence electrons. The highest BCUT2D eigenvalue weighted by atomic mass is 127. The van der Waals surface area contributed by atoms with Crippen LogP contribution >= 0.6 is 22.6 Å². The smallest absolute Gasteiger partial charge is 0.148 e. The van der Waals surface area contributed by atoms with Gasteiger partial charge in [0.25, 0.3) is 0 Å². The Morgan fingerprint density at radius 1 is 0.788 bits per heavy atom. The zero-order valence-corrected chi connectivity index (χ0v) is 20.1. The van der Waals surface area contributed by atoms with Crippen LogP contribution in [0.1, 0.15) is 22.3 Å². The average Bonchev–Trinajstić information content (AvgIpc) is 3.22. The Labute approximate surface area is 206 Å². The molecule has 0 radical (unpaired) electrons. The first-order chi connectivity index (χ1) is 16.2. The summed E-state index contributed by atoms with van der Waals surface area (Å²) in [5, 5.41) is 15.6. The Bertz CT molecular complexity index is 1360. The van der Waals surface area contributed by atoms with Crippen molar-refractivity contribution in [2.75, 3.05) is 7.11 Å². The molecule has 33 heavy (non-hydrogen) atoms. The van der Waals surface area contributed by atoms with Crippen LogP contribution in [-0.2, 0) is 5.54 Å². The van der Waals surface area contributed by atoms with Gasteiger partial charge in [-0.05, 0) is 51.4 Å². The van der Waals surface area contributed by atoms with Crippen molar-refractivity contribution >= 4 is 33.5 Å². The molecule has 0 fully saturated rings. The first kappa shape index (κ1) is 21.2. The second-order valence-electron chi connectivity index (χ2n) is 7.66. The summed E-state index contributed by atoms with van der Waals surface area (Å²) in [5.74, 6) is 0.550. The molecule has 0 unspecified atom stereocenters. The summed E-state index contributed by atoms with van der Waals surface area (Å²) < 4.78 is 8.55. The third kappa shape index (κ3) is 3.30. The van der Waals surface area contributed by atoms with Crippen molar-refractivity contribution in [1.82, 2.24) is 9.78 Å². The zero-order chi connectivity index (χ0) is 22.8. The summed E-state index contributed by atoms with van der Waals surface area (Å²) in [6.07, 6.45) is 0. The molecule has 0 aliphatic carbocycles. The van der Waals surface area contributed by atoms with Gasteiger partial charge in [0.1, 0.15) is 21.1 Å². The standard InChI is InChI=1S/C28H20IN3O/c1-33-26-20(19-30)17-18-24-25(26)27(29)31-32(24)28(21-11-5-2-6-12-21,22-13-7-3-8-14-22)23-15-9-4-10-16-23/h2-18H,1H3. The third-order valence-corrected chi connectivity index (χ3v) is 6.73. The molecule has 5 rings (SSSR count). The molecule has 0 saturated carbocycles. The average molecular weight is 541 g/mol. The molecular weight excluding hydrogens is 521 g/mol. The number of halogens is 1. The third-order valence-electron chi connectivity index (χ3n) is 5.97. The Morgan fingerprint density at radius 2 is 1.27 bits per heavy atom. The molecular formula is C28H20IN3O. The van der Waals surface area contributed by atoms with Crippen LogP contribution in [0.25, 0.3) is 10.9 Å². The highest BCUT2D eigenvalue weighted by molar-refractivity contribution is 14.1. The van der Waals surface area contributed by atoms with Gasteiger partial charge in [-0.15, -0.1) is 0 Å². The number of ether oxygens (including phenoxy) is 1. The van der Waals surface area contributed by atoms with E-state index in [1.807, 2.05) is 24.3 Å². The van der Waals surface area contributed by atoms with Crippen molar-refractivity contribution in [2.45, 2.75) is 5.54 Å². The van der Waals surface area contributed by atoms with Gasteiger partial charge in [0.2, 0.25) is 0 Å². The van der Waals surface area contributed by atoms with Crippen LogP contribution in [0.5, 0.6) is 5.75 Å². The van der Waals surface area contributed by atoms with Crippen LogP contribution in [0.2, 0.25) is 0 Å².